The predicted molar refractivity (Wildman–Crippen MR) is 139 cm³/mol. The molecule has 0 aliphatic carbocycles. The Hall–Kier alpha value is -2.53. The number of para-hydroxylation sites is 1. The summed E-state index contributed by atoms with van der Waals surface area (Å²) < 4.78 is 18.1. The van der Waals surface area contributed by atoms with Crippen LogP contribution >= 0.6 is 11.5 Å². The number of nitrogens with two attached hydrogens (primary N) is 1. The fourth-order valence-electron chi connectivity index (χ4n) is 4.75. The summed E-state index contributed by atoms with van der Waals surface area (Å²) >= 11 is 1.46. The quantitative estimate of drug-likeness (QED) is 0.408. The van der Waals surface area contributed by atoms with E-state index in [0.717, 1.165) is 91.8 Å². The van der Waals surface area contributed by atoms with Gasteiger partial charge < -0.3 is 19.8 Å². The molecule has 0 saturated carbocycles. The zero-order chi connectivity index (χ0) is 24.8. The van der Waals surface area contributed by atoms with Crippen LogP contribution in [0.2, 0.25) is 0 Å². The number of rotatable bonds is 12. The molecule has 3 heterocycles. The number of methoxy groups -OCH3 is 2. The van der Waals surface area contributed by atoms with E-state index in [0.29, 0.717) is 12.5 Å². The number of piperazine rings is 1. The molecule has 4 rings (SSSR count). The number of benzene rings is 1. The van der Waals surface area contributed by atoms with Crippen LogP contribution in [0.1, 0.15) is 24.8 Å². The molecule has 1 atom stereocenters. The van der Waals surface area contributed by atoms with Gasteiger partial charge in [-0.05, 0) is 29.9 Å². The van der Waals surface area contributed by atoms with E-state index in [1.807, 2.05) is 12.1 Å². The minimum atomic E-state index is -0.271. The van der Waals surface area contributed by atoms with Gasteiger partial charge in [0.2, 0.25) is 5.91 Å². The van der Waals surface area contributed by atoms with Gasteiger partial charge in [0, 0.05) is 63.6 Å². The number of fused-ring (bicyclic) bond motifs is 1. The molecule has 0 radical (unpaired) electrons. The molecule has 0 bridgehead atoms. The van der Waals surface area contributed by atoms with E-state index in [1.165, 1.54) is 11.5 Å². The Morgan fingerprint density at radius 2 is 1.97 bits per heavy atom. The Morgan fingerprint density at radius 3 is 2.66 bits per heavy atom. The molecule has 190 valence electrons. The summed E-state index contributed by atoms with van der Waals surface area (Å²) in [6.07, 6.45) is 4.28. The Kier molecular flexibility index (Phi) is 8.72. The minimum Gasteiger partial charge on any atom is -0.495 e. The van der Waals surface area contributed by atoms with Gasteiger partial charge in [0.1, 0.15) is 10.8 Å². The Morgan fingerprint density at radius 1 is 1.20 bits per heavy atom. The van der Waals surface area contributed by atoms with Crippen LogP contribution in [0.5, 0.6) is 5.75 Å². The van der Waals surface area contributed by atoms with Crippen LogP contribution in [0.4, 0.5) is 0 Å². The summed E-state index contributed by atoms with van der Waals surface area (Å²) in [5, 5.41) is 2.11. The van der Waals surface area contributed by atoms with Gasteiger partial charge >= 0.3 is 0 Å². The van der Waals surface area contributed by atoms with Crippen LogP contribution in [0, 0.1) is 5.92 Å². The first-order chi connectivity index (χ1) is 17.0. The van der Waals surface area contributed by atoms with Crippen molar-refractivity contribution in [3.8, 4) is 17.1 Å². The van der Waals surface area contributed by atoms with Crippen molar-refractivity contribution in [2.24, 2.45) is 11.7 Å². The summed E-state index contributed by atoms with van der Waals surface area (Å²) in [4.78, 5) is 20.5. The highest BCUT2D eigenvalue weighted by Crippen LogP contribution is 2.36. The number of nitrogens with zero attached hydrogens (tertiary/aromatic N) is 5. The largest absolute Gasteiger partial charge is 0.495 e. The van der Waals surface area contributed by atoms with Gasteiger partial charge in [-0.25, -0.2) is 4.98 Å². The summed E-state index contributed by atoms with van der Waals surface area (Å²) in [6.45, 7) is 8.42. The summed E-state index contributed by atoms with van der Waals surface area (Å²) in [6, 6.07) is 6.16. The third-order valence-corrected chi connectivity index (χ3v) is 7.45. The predicted octanol–water partition coefficient (Wildman–Crippen LogP) is 2.83. The molecule has 2 N–H and O–H groups in total. The highest BCUT2D eigenvalue weighted by Gasteiger charge is 2.22. The van der Waals surface area contributed by atoms with Crippen molar-refractivity contribution in [2.75, 3.05) is 53.6 Å². The maximum absolute atomic E-state index is 11.2. The average molecular weight is 501 g/mol. The molecule has 35 heavy (non-hydrogen) atoms. The maximum atomic E-state index is 11.2. The molecule has 1 unspecified atom stereocenters. The number of hydrogen-bond donors (Lipinski definition) is 1. The Balaban J connectivity index is 1.54. The molecule has 1 fully saturated rings. The standard InChI is InChI=1S/C25H36N6O3S/c1-4-18(8-13-33-2)14-31-15-20(19-6-5-7-21(34-3)24(19)31)25-27-23(35-28-25)17-30-11-9-29(10-12-30)16-22(26)32/h5-7,15,18H,4,8-14,16-17H2,1-3H3,(H2,26,32). The molecule has 1 amide bonds. The van der Waals surface area contributed by atoms with Crippen LogP contribution in [0.15, 0.2) is 24.4 Å². The van der Waals surface area contributed by atoms with E-state index < -0.39 is 0 Å². The van der Waals surface area contributed by atoms with Crippen molar-refractivity contribution in [1.82, 2.24) is 23.7 Å². The number of ether oxygens (including phenoxy) is 2. The molecule has 1 aromatic carbocycles. The molecular formula is C25H36N6O3S. The zero-order valence-electron chi connectivity index (χ0n) is 20.9. The maximum Gasteiger partial charge on any atom is 0.231 e. The van der Waals surface area contributed by atoms with Gasteiger partial charge in [-0.2, -0.15) is 4.37 Å². The lowest BCUT2D eigenvalue weighted by Gasteiger charge is -2.33. The lowest BCUT2D eigenvalue weighted by atomic mass is 10.0. The van der Waals surface area contributed by atoms with Gasteiger partial charge in [-0.3, -0.25) is 14.6 Å². The smallest absolute Gasteiger partial charge is 0.231 e. The topological polar surface area (TPSA) is 98.7 Å². The fourth-order valence-corrected chi connectivity index (χ4v) is 5.44. The van der Waals surface area contributed by atoms with Gasteiger partial charge in [0.15, 0.2) is 5.82 Å². The molecule has 3 aromatic rings. The summed E-state index contributed by atoms with van der Waals surface area (Å²) in [7, 11) is 3.47. The number of primary amides is 1. The van der Waals surface area contributed by atoms with E-state index in [9.17, 15) is 4.79 Å². The third kappa shape index (κ3) is 6.19. The van der Waals surface area contributed by atoms with Crippen molar-refractivity contribution in [3.05, 3.63) is 29.4 Å². The second-order valence-corrected chi connectivity index (χ2v) is 9.97. The van der Waals surface area contributed by atoms with E-state index in [1.54, 1.807) is 14.2 Å². The monoisotopic (exact) mass is 500 g/mol. The molecular weight excluding hydrogens is 464 g/mol. The van der Waals surface area contributed by atoms with Gasteiger partial charge in [0.25, 0.3) is 0 Å². The highest BCUT2D eigenvalue weighted by atomic mass is 32.1. The van der Waals surface area contributed by atoms with E-state index in [4.69, 9.17) is 24.6 Å². The first-order valence-electron chi connectivity index (χ1n) is 12.2. The number of carbonyl (C=O) groups excluding carboxylic acids is 1. The first kappa shape index (κ1) is 25.6. The van der Waals surface area contributed by atoms with Crippen LogP contribution in [0.3, 0.4) is 0 Å². The fraction of sp³-hybridized carbons (Fsp3) is 0.560. The molecule has 0 spiro atoms. The van der Waals surface area contributed by atoms with Crippen molar-refractivity contribution in [1.29, 1.82) is 0 Å². The van der Waals surface area contributed by atoms with Crippen molar-refractivity contribution in [2.45, 2.75) is 32.9 Å². The first-order valence-corrected chi connectivity index (χ1v) is 13.0. The number of carbonyl (C=O) groups is 1. The van der Waals surface area contributed by atoms with Gasteiger partial charge in [-0.1, -0.05) is 25.5 Å². The van der Waals surface area contributed by atoms with Crippen LogP contribution in [-0.2, 0) is 22.6 Å². The summed E-state index contributed by atoms with van der Waals surface area (Å²) in [5.41, 5.74) is 7.45. The van der Waals surface area contributed by atoms with E-state index in [-0.39, 0.29) is 5.91 Å². The highest BCUT2D eigenvalue weighted by molar-refractivity contribution is 7.05. The van der Waals surface area contributed by atoms with Crippen LogP contribution in [0.25, 0.3) is 22.3 Å². The van der Waals surface area contributed by atoms with E-state index in [2.05, 4.69) is 33.6 Å². The normalized spacial score (nSPS) is 16.1. The lowest BCUT2D eigenvalue weighted by molar-refractivity contribution is -0.119. The molecule has 10 heteroatoms. The zero-order valence-corrected chi connectivity index (χ0v) is 21.7. The average Bonchev–Trinajstić information content (AvgIpc) is 3.47. The summed E-state index contributed by atoms with van der Waals surface area (Å²) in [5.74, 6) is 1.86. The molecule has 2 aromatic heterocycles. The van der Waals surface area contributed by atoms with Crippen LogP contribution in [-0.4, -0.2) is 83.2 Å². The lowest BCUT2D eigenvalue weighted by Crippen LogP contribution is -2.48. The van der Waals surface area contributed by atoms with E-state index >= 15 is 0 Å². The molecule has 1 aliphatic heterocycles. The molecule has 9 nitrogen and oxygen atoms in total. The van der Waals surface area contributed by atoms with Crippen molar-refractivity contribution < 1.29 is 14.3 Å². The minimum absolute atomic E-state index is 0.271. The van der Waals surface area contributed by atoms with Crippen LogP contribution < -0.4 is 10.5 Å². The number of hydrogen-bond acceptors (Lipinski definition) is 8. The van der Waals surface area contributed by atoms with Crippen molar-refractivity contribution in [3.63, 3.8) is 0 Å². The van der Waals surface area contributed by atoms with Crippen molar-refractivity contribution >= 4 is 28.3 Å². The number of amides is 1. The number of aromatic nitrogens is 3. The third-order valence-electron chi connectivity index (χ3n) is 6.76. The second kappa shape index (κ2) is 11.9. The Labute approximate surface area is 211 Å². The molecule has 1 aliphatic rings. The SMILES string of the molecule is CCC(CCOC)Cn1cc(-c2nsc(CN3CCN(CC(N)=O)CC3)n2)c2cccc(OC)c21. The van der Waals surface area contributed by atoms with Gasteiger partial charge in [0.05, 0.1) is 25.7 Å². The molecule has 1 saturated heterocycles. The van der Waals surface area contributed by atoms with Gasteiger partial charge in [-0.15, -0.1) is 0 Å². The second-order valence-electron chi connectivity index (χ2n) is 9.14. The Bertz CT molecular complexity index is 1120.